The van der Waals surface area contributed by atoms with Crippen LogP contribution in [-0.2, 0) is 14.3 Å². The fourth-order valence-electron chi connectivity index (χ4n) is 5.10. The van der Waals surface area contributed by atoms with E-state index in [9.17, 15) is 23.5 Å². The molecule has 0 saturated carbocycles. The molecule has 3 aliphatic heterocycles. The lowest BCUT2D eigenvalue weighted by atomic mass is 9.89. The van der Waals surface area contributed by atoms with Gasteiger partial charge in [0, 0.05) is 43.0 Å². The van der Waals surface area contributed by atoms with Gasteiger partial charge in [-0.1, -0.05) is 0 Å². The first-order valence-corrected chi connectivity index (χ1v) is 13.5. The van der Waals surface area contributed by atoms with Crippen LogP contribution in [0.4, 0.5) is 17.6 Å². The molecule has 15 heteroatoms. The third-order valence-corrected chi connectivity index (χ3v) is 7.98. The zero-order valence-electron chi connectivity index (χ0n) is 21.9. The molecule has 2 unspecified atom stereocenters. The van der Waals surface area contributed by atoms with Gasteiger partial charge in [-0.2, -0.15) is 0 Å². The number of alkyl halides is 4. The number of aliphatic imine (C=N–C) groups is 1. The maximum absolute atomic E-state index is 15.5. The van der Waals surface area contributed by atoms with Crippen LogP contribution < -0.4 is 5.32 Å². The van der Waals surface area contributed by atoms with Crippen molar-refractivity contribution in [3.63, 3.8) is 0 Å². The van der Waals surface area contributed by atoms with E-state index >= 15 is 8.78 Å². The normalized spacial score (nSPS) is 24.2. The van der Waals surface area contributed by atoms with Gasteiger partial charge in [0.1, 0.15) is 6.04 Å². The summed E-state index contributed by atoms with van der Waals surface area (Å²) in [5, 5.41) is 17.3. The summed E-state index contributed by atoms with van der Waals surface area (Å²) in [6.07, 6.45) is -1.18. The third kappa shape index (κ3) is 6.26. The Bertz CT molecular complexity index is 1130. The Morgan fingerprint density at radius 1 is 1.36 bits per heavy atom. The van der Waals surface area contributed by atoms with E-state index in [1.54, 1.807) is 18.5 Å². The molecule has 0 aliphatic carbocycles. The van der Waals surface area contributed by atoms with Gasteiger partial charge >= 0.3 is 11.9 Å². The number of rotatable bonds is 11. The molecule has 10 nitrogen and oxygen atoms in total. The summed E-state index contributed by atoms with van der Waals surface area (Å²) in [5.74, 6) is -4.59. The number of aromatic nitrogens is 1. The highest BCUT2D eigenvalue weighted by Crippen LogP contribution is 2.42. The molecule has 2 atom stereocenters. The molecule has 0 aromatic carbocycles. The number of thiazole rings is 1. The second-order valence-electron chi connectivity index (χ2n) is 10.3. The van der Waals surface area contributed by atoms with Crippen LogP contribution in [0.3, 0.4) is 0 Å². The zero-order valence-corrected chi connectivity index (χ0v) is 22.7. The van der Waals surface area contributed by atoms with Crippen LogP contribution >= 0.6 is 11.3 Å². The minimum Gasteiger partial charge on any atom is -0.481 e. The number of esters is 1. The first-order valence-electron chi connectivity index (χ1n) is 12.6. The average molecular weight is 577 g/mol. The van der Waals surface area contributed by atoms with Gasteiger partial charge in [-0.25, -0.2) is 37.4 Å². The fourth-order valence-corrected chi connectivity index (χ4v) is 5.70. The number of aliphatic carboxylic acids is 1. The van der Waals surface area contributed by atoms with Crippen LogP contribution in [0.1, 0.15) is 32.2 Å². The number of likely N-dealkylation sites (tertiary alicyclic amines) is 1. The Morgan fingerprint density at radius 3 is 2.72 bits per heavy atom. The van der Waals surface area contributed by atoms with Crippen molar-refractivity contribution in [3.05, 3.63) is 27.9 Å². The van der Waals surface area contributed by atoms with Gasteiger partial charge < -0.3 is 15.2 Å². The van der Waals surface area contributed by atoms with Crippen LogP contribution in [0.5, 0.6) is 0 Å². The van der Waals surface area contributed by atoms with Crippen LogP contribution in [0.2, 0.25) is 0 Å². The number of carboxylic acid groups (broad SMARTS) is 1. The van der Waals surface area contributed by atoms with Crippen LogP contribution in [0.15, 0.2) is 27.8 Å². The van der Waals surface area contributed by atoms with Crippen LogP contribution in [0, 0.1) is 5.41 Å². The first kappa shape index (κ1) is 29.4. The number of carboxylic acids is 1. The predicted octanol–water partition coefficient (Wildman–Crippen LogP) is 2.30. The molecule has 39 heavy (non-hydrogen) atoms. The highest BCUT2D eigenvalue weighted by molar-refractivity contribution is 7.11. The maximum Gasteiger partial charge on any atom is 0.337 e. The average Bonchev–Trinajstić information content (AvgIpc) is 3.55. The Labute approximate surface area is 227 Å². The summed E-state index contributed by atoms with van der Waals surface area (Å²) in [7, 11) is 0. The number of hydrazine groups is 1. The van der Waals surface area contributed by atoms with Crippen molar-refractivity contribution in [3.8, 4) is 0 Å². The van der Waals surface area contributed by atoms with Gasteiger partial charge in [0.15, 0.2) is 10.8 Å². The molecule has 2 fully saturated rings. The number of carbonyl (C=O) groups excluding carboxylic acids is 1. The molecular formula is C24H32F4N6O4S. The van der Waals surface area contributed by atoms with Crippen molar-refractivity contribution in [2.45, 2.75) is 51.6 Å². The second kappa shape index (κ2) is 11.5. The van der Waals surface area contributed by atoms with Gasteiger partial charge in [-0.15, -0.1) is 11.3 Å². The lowest BCUT2D eigenvalue weighted by Crippen LogP contribution is -2.51. The van der Waals surface area contributed by atoms with Gasteiger partial charge in [0.05, 0.1) is 37.2 Å². The lowest BCUT2D eigenvalue weighted by Gasteiger charge is -2.35. The predicted molar refractivity (Wildman–Crippen MR) is 135 cm³/mol. The molecule has 0 amide bonds. The van der Waals surface area contributed by atoms with Crippen molar-refractivity contribution in [2.24, 2.45) is 10.4 Å². The Kier molecular flexibility index (Phi) is 8.64. The van der Waals surface area contributed by atoms with E-state index in [0.717, 1.165) is 0 Å². The number of hydrogen-bond donors (Lipinski definition) is 2. The maximum atomic E-state index is 15.5. The van der Waals surface area contributed by atoms with Crippen molar-refractivity contribution < 1.29 is 37.0 Å². The van der Waals surface area contributed by atoms with E-state index in [2.05, 4.69) is 15.3 Å². The number of halogens is 4. The van der Waals surface area contributed by atoms with E-state index in [-0.39, 0.29) is 44.8 Å². The van der Waals surface area contributed by atoms with Crippen molar-refractivity contribution in [1.29, 1.82) is 0 Å². The van der Waals surface area contributed by atoms with E-state index in [4.69, 9.17) is 4.74 Å². The summed E-state index contributed by atoms with van der Waals surface area (Å²) >= 11 is 1.32. The number of hydrogen-bond acceptors (Lipinski definition) is 10. The second-order valence-corrected chi connectivity index (χ2v) is 11.2. The van der Waals surface area contributed by atoms with Crippen molar-refractivity contribution in [1.82, 2.24) is 25.2 Å². The highest BCUT2D eigenvalue weighted by atomic mass is 32.1. The Morgan fingerprint density at radius 2 is 2.10 bits per heavy atom. The number of nitrogens with zero attached hydrogens (tertiary/aromatic N) is 5. The van der Waals surface area contributed by atoms with Crippen LogP contribution in [0.25, 0.3) is 0 Å². The van der Waals surface area contributed by atoms with Gasteiger partial charge in [-0.05, 0) is 27.2 Å². The molecule has 0 bridgehead atoms. The number of amidine groups is 1. The van der Waals surface area contributed by atoms with Gasteiger partial charge in [0.2, 0.25) is 0 Å². The molecule has 2 N–H and O–H groups in total. The molecule has 1 aromatic rings. The van der Waals surface area contributed by atoms with E-state index in [1.165, 1.54) is 40.1 Å². The largest absolute Gasteiger partial charge is 0.481 e. The van der Waals surface area contributed by atoms with Gasteiger partial charge in [-0.3, -0.25) is 14.7 Å². The lowest BCUT2D eigenvalue weighted by molar-refractivity contribution is -0.150. The summed E-state index contributed by atoms with van der Waals surface area (Å²) in [4.78, 5) is 34.3. The monoisotopic (exact) mass is 576 g/mol. The first-order chi connectivity index (χ1) is 18.3. The van der Waals surface area contributed by atoms with E-state index in [0.29, 0.717) is 16.5 Å². The summed E-state index contributed by atoms with van der Waals surface area (Å²) in [5.41, 5.74) is -0.679. The van der Waals surface area contributed by atoms with Crippen LogP contribution in [-0.4, -0.2) is 113 Å². The van der Waals surface area contributed by atoms with E-state index in [1.807, 2.05) is 0 Å². The zero-order chi connectivity index (χ0) is 28.5. The van der Waals surface area contributed by atoms with Crippen molar-refractivity contribution in [2.75, 3.05) is 45.9 Å². The molecule has 4 rings (SSSR count). The number of ether oxygens (including phenoxy) is 1. The minimum atomic E-state index is -3.28. The number of carbonyl (C=O) groups is 2. The molecule has 216 valence electrons. The summed E-state index contributed by atoms with van der Waals surface area (Å²) in [6.45, 7) is 2.98. The molecule has 0 spiro atoms. The smallest absolute Gasteiger partial charge is 0.337 e. The van der Waals surface area contributed by atoms with Crippen molar-refractivity contribution >= 4 is 29.1 Å². The molecule has 0 radical (unpaired) electrons. The van der Waals surface area contributed by atoms with Gasteiger partial charge in [0.25, 0.3) is 12.3 Å². The Balaban J connectivity index is 1.60. The molecule has 4 heterocycles. The Hall–Kier alpha value is -2.62. The standard InChI is InChI=1S/C24H32F4N6O4S/c1-4-38-21(35)14-9-30-19(20-29-6-8-39-20)31-15(14)10-32-13-24(27,28)18-16(32)11-33(12-17(25)26)34(18)7-5-23(2,3)22(36)37/h6,8,16-18H,4-5,7,9-13H2,1-3H3,(H,30,31)(H,36,37). The highest BCUT2D eigenvalue weighted by Gasteiger charge is 2.62. The SMILES string of the molecule is CCOC(=O)C1=C(CN2CC(F)(F)C3C2CN(CC(F)F)N3CCC(C)(C)C(=O)O)NC(c2nccs2)=NC1. The fraction of sp³-hybridized carbons (Fsp3) is 0.667. The molecule has 2 saturated heterocycles. The number of nitrogens with one attached hydrogen (secondary N) is 1. The molecule has 3 aliphatic rings. The minimum absolute atomic E-state index is 0.00523. The summed E-state index contributed by atoms with van der Waals surface area (Å²) < 4.78 is 63.1. The van der Waals surface area contributed by atoms with E-state index < -0.39 is 54.9 Å². The molecular weight excluding hydrogens is 544 g/mol. The number of fused-ring (bicyclic) bond motifs is 1. The third-order valence-electron chi connectivity index (χ3n) is 7.20. The quantitative estimate of drug-likeness (QED) is 0.303. The molecule has 1 aromatic heterocycles. The summed E-state index contributed by atoms with van der Waals surface area (Å²) in [6, 6.07) is -2.27. The topological polar surface area (TPSA) is 111 Å².